The second kappa shape index (κ2) is 6.64. The molecule has 2 fully saturated rings. The minimum Gasteiger partial charge on any atom is -0.355 e. The highest BCUT2D eigenvalue weighted by Gasteiger charge is 2.53. The van der Waals surface area contributed by atoms with Crippen molar-refractivity contribution in [1.82, 2.24) is 10.6 Å². The van der Waals surface area contributed by atoms with Gasteiger partial charge in [-0.3, -0.25) is 4.79 Å². The molecule has 4 rings (SSSR count). The Hall–Kier alpha value is -2.13. The predicted molar refractivity (Wildman–Crippen MR) is 100 cm³/mol. The molecule has 2 aliphatic rings. The topological polar surface area (TPSA) is 41.1 Å². The van der Waals surface area contributed by atoms with Gasteiger partial charge in [-0.05, 0) is 48.4 Å². The first kappa shape index (κ1) is 16.3. The molecule has 0 bridgehead atoms. The summed E-state index contributed by atoms with van der Waals surface area (Å²) in [5.41, 5.74) is 1.52. The van der Waals surface area contributed by atoms with Crippen LogP contribution in [0.15, 0.2) is 60.7 Å². The third-order valence-electron chi connectivity index (χ3n) is 6.22. The Bertz CT molecular complexity index is 679. The van der Waals surface area contributed by atoms with Crippen molar-refractivity contribution in [1.29, 1.82) is 0 Å². The molecule has 1 aliphatic carbocycles. The molecule has 3 nitrogen and oxygen atoms in total. The minimum absolute atomic E-state index is 0.130. The first-order chi connectivity index (χ1) is 12.3. The average Bonchev–Trinajstić information content (AvgIpc) is 3.10. The largest absolute Gasteiger partial charge is 0.355 e. The third kappa shape index (κ3) is 2.77. The van der Waals surface area contributed by atoms with Crippen LogP contribution < -0.4 is 10.6 Å². The standard InChI is InChI=1S/C22H26N2O/c1-2-22(16-9-5-3-6-10-16,17-11-7-4-8-12-17)21(25)24-15-20-18-13-23-14-19(18)20/h3-12,18-20,23H,2,13-15H2,1H3,(H,24,25). The van der Waals surface area contributed by atoms with Gasteiger partial charge in [-0.1, -0.05) is 67.6 Å². The summed E-state index contributed by atoms with van der Waals surface area (Å²) in [5.74, 6) is 2.33. The van der Waals surface area contributed by atoms with Gasteiger partial charge in [0.25, 0.3) is 0 Å². The molecule has 3 heteroatoms. The molecule has 1 saturated carbocycles. The summed E-state index contributed by atoms with van der Waals surface area (Å²) in [6.45, 7) is 5.13. The second-order valence-electron chi connectivity index (χ2n) is 7.35. The maximum atomic E-state index is 13.4. The fourth-order valence-corrected chi connectivity index (χ4v) is 4.65. The Morgan fingerprint density at radius 3 is 2.00 bits per heavy atom. The van der Waals surface area contributed by atoms with E-state index in [9.17, 15) is 4.79 Å². The smallest absolute Gasteiger partial charge is 0.235 e. The molecule has 0 radical (unpaired) electrons. The van der Waals surface area contributed by atoms with Gasteiger partial charge < -0.3 is 10.6 Å². The summed E-state index contributed by atoms with van der Waals surface area (Å²) < 4.78 is 0. The first-order valence-electron chi connectivity index (χ1n) is 9.37. The Balaban J connectivity index is 1.61. The molecule has 2 aromatic carbocycles. The number of nitrogens with one attached hydrogen (secondary N) is 2. The molecule has 25 heavy (non-hydrogen) atoms. The average molecular weight is 334 g/mol. The maximum Gasteiger partial charge on any atom is 0.235 e. The summed E-state index contributed by atoms with van der Waals surface area (Å²) in [7, 11) is 0. The summed E-state index contributed by atoms with van der Waals surface area (Å²) >= 11 is 0. The van der Waals surface area contributed by atoms with E-state index >= 15 is 0 Å². The van der Waals surface area contributed by atoms with Crippen molar-refractivity contribution >= 4 is 5.91 Å². The van der Waals surface area contributed by atoms with Crippen molar-refractivity contribution in [2.75, 3.05) is 19.6 Å². The van der Waals surface area contributed by atoms with Crippen LogP contribution in [0.1, 0.15) is 24.5 Å². The normalized spacial score (nSPS) is 24.6. The Kier molecular flexibility index (Phi) is 4.34. The van der Waals surface area contributed by atoms with Crippen LogP contribution in [0, 0.1) is 17.8 Å². The van der Waals surface area contributed by atoms with Gasteiger partial charge in [0.15, 0.2) is 0 Å². The second-order valence-corrected chi connectivity index (χ2v) is 7.35. The molecule has 1 aliphatic heterocycles. The van der Waals surface area contributed by atoms with Crippen molar-refractivity contribution in [3.05, 3.63) is 71.8 Å². The molecule has 0 aromatic heterocycles. The van der Waals surface area contributed by atoms with E-state index in [1.165, 1.54) is 0 Å². The van der Waals surface area contributed by atoms with Crippen LogP contribution in [0.2, 0.25) is 0 Å². The van der Waals surface area contributed by atoms with Crippen molar-refractivity contribution in [3.63, 3.8) is 0 Å². The van der Waals surface area contributed by atoms with Gasteiger partial charge >= 0.3 is 0 Å². The van der Waals surface area contributed by atoms with Crippen molar-refractivity contribution in [2.24, 2.45) is 17.8 Å². The van der Waals surface area contributed by atoms with Gasteiger partial charge in [-0.25, -0.2) is 0 Å². The number of fused-ring (bicyclic) bond motifs is 1. The van der Waals surface area contributed by atoms with Crippen molar-refractivity contribution in [2.45, 2.75) is 18.8 Å². The SMILES string of the molecule is CCC(C(=O)NCC1C2CNCC21)(c1ccccc1)c1ccccc1. The van der Waals surface area contributed by atoms with Gasteiger partial charge in [0, 0.05) is 6.54 Å². The number of hydrogen-bond acceptors (Lipinski definition) is 2. The van der Waals surface area contributed by atoms with Crippen LogP contribution in [0.25, 0.3) is 0 Å². The van der Waals surface area contributed by atoms with E-state index in [-0.39, 0.29) is 5.91 Å². The van der Waals surface area contributed by atoms with E-state index in [1.807, 2.05) is 36.4 Å². The number of piperidine rings is 1. The van der Waals surface area contributed by atoms with Crippen LogP contribution in [0.3, 0.4) is 0 Å². The lowest BCUT2D eigenvalue weighted by molar-refractivity contribution is -0.125. The third-order valence-corrected chi connectivity index (χ3v) is 6.22. The van der Waals surface area contributed by atoms with Crippen LogP contribution in [0.5, 0.6) is 0 Å². The number of rotatable bonds is 6. The number of benzene rings is 2. The molecule has 2 unspecified atom stereocenters. The highest BCUT2D eigenvalue weighted by molar-refractivity contribution is 5.92. The number of carbonyl (C=O) groups excluding carboxylic acids is 1. The van der Waals surface area contributed by atoms with Crippen molar-refractivity contribution < 1.29 is 4.79 Å². The molecule has 2 aromatic rings. The van der Waals surface area contributed by atoms with Crippen LogP contribution >= 0.6 is 0 Å². The molecule has 130 valence electrons. The fourth-order valence-electron chi connectivity index (χ4n) is 4.65. The van der Waals surface area contributed by atoms with Gasteiger partial charge in [0.1, 0.15) is 0 Å². The number of carbonyl (C=O) groups is 1. The molecule has 1 saturated heterocycles. The van der Waals surface area contributed by atoms with Gasteiger partial charge in [0.2, 0.25) is 5.91 Å². The molecular weight excluding hydrogens is 308 g/mol. The molecule has 2 atom stereocenters. The monoisotopic (exact) mass is 334 g/mol. The minimum atomic E-state index is -0.620. The first-order valence-corrected chi connectivity index (χ1v) is 9.37. The lowest BCUT2D eigenvalue weighted by atomic mass is 9.71. The zero-order chi connectivity index (χ0) is 17.3. The van der Waals surface area contributed by atoms with E-state index in [1.54, 1.807) is 0 Å². The zero-order valence-electron chi connectivity index (χ0n) is 14.7. The maximum absolute atomic E-state index is 13.4. The van der Waals surface area contributed by atoms with Crippen LogP contribution in [-0.4, -0.2) is 25.5 Å². The lowest BCUT2D eigenvalue weighted by Crippen LogP contribution is -2.46. The Morgan fingerprint density at radius 1 is 1.00 bits per heavy atom. The molecule has 2 N–H and O–H groups in total. The van der Waals surface area contributed by atoms with E-state index < -0.39 is 5.41 Å². The fraction of sp³-hybridized carbons (Fsp3) is 0.409. The number of amides is 1. The predicted octanol–water partition coefficient (Wildman–Crippen LogP) is 2.96. The Morgan fingerprint density at radius 2 is 1.52 bits per heavy atom. The van der Waals surface area contributed by atoms with Crippen molar-refractivity contribution in [3.8, 4) is 0 Å². The zero-order valence-corrected chi connectivity index (χ0v) is 14.7. The van der Waals surface area contributed by atoms with Gasteiger partial charge in [-0.2, -0.15) is 0 Å². The molecule has 1 heterocycles. The van der Waals surface area contributed by atoms with Gasteiger partial charge in [-0.15, -0.1) is 0 Å². The van der Waals surface area contributed by atoms with Crippen LogP contribution in [0.4, 0.5) is 0 Å². The van der Waals surface area contributed by atoms with Crippen LogP contribution in [-0.2, 0) is 10.2 Å². The molecular formula is C22H26N2O. The Labute approximate surface area is 149 Å². The lowest BCUT2D eigenvalue weighted by Gasteiger charge is -2.33. The molecule has 0 spiro atoms. The highest BCUT2D eigenvalue weighted by Crippen LogP contribution is 2.48. The summed E-state index contributed by atoms with van der Waals surface area (Å²) in [6, 6.07) is 20.4. The summed E-state index contributed by atoms with van der Waals surface area (Å²) in [6.07, 6.45) is 0.742. The highest BCUT2D eigenvalue weighted by atomic mass is 16.2. The summed E-state index contributed by atoms with van der Waals surface area (Å²) in [5, 5.41) is 6.72. The quantitative estimate of drug-likeness (QED) is 0.853. The van der Waals surface area contributed by atoms with E-state index in [4.69, 9.17) is 0 Å². The summed E-state index contributed by atoms with van der Waals surface area (Å²) in [4.78, 5) is 13.4. The van der Waals surface area contributed by atoms with E-state index in [2.05, 4.69) is 41.8 Å². The van der Waals surface area contributed by atoms with E-state index in [0.29, 0.717) is 5.92 Å². The van der Waals surface area contributed by atoms with Gasteiger partial charge in [0.05, 0.1) is 5.41 Å². The molecule has 1 amide bonds. The number of hydrogen-bond donors (Lipinski definition) is 2. The van der Waals surface area contributed by atoms with E-state index in [0.717, 1.165) is 49.0 Å².